The molecule has 0 atom stereocenters. The van der Waals surface area contributed by atoms with Crippen LogP contribution >= 0.6 is 0 Å². The predicted molar refractivity (Wildman–Crippen MR) is 74.8 cm³/mol. The van der Waals surface area contributed by atoms with Crippen LogP contribution in [0.1, 0.15) is 16.8 Å². The van der Waals surface area contributed by atoms with E-state index in [0.717, 1.165) is 28.0 Å². The number of fused-ring (bicyclic) bond motifs is 1. The lowest BCUT2D eigenvalue weighted by Gasteiger charge is -2.00. The molecule has 3 nitrogen and oxygen atoms in total. The summed E-state index contributed by atoms with van der Waals surface area (Å²) in [6.45, 7) is 3.99. The van der Waals surface area contributed by atoms with E-state index in [1.165, 1.54) is 0 Å². The summed E-state index contributed by atoms with van der Waals surface area (Å²) in [6.07, 6.45) is 3.99. The van der Waals surface area contributed by atoms with Crippen molar-refractivity contribution in [2.24, 2.45) is 0 Å². The molecule has 1 aromatic carbocycles. The number of benzene rings is 1. The Kier molecular flexibility index (Phi) is 2.57. The molecule has 0 aliphatic carbocycles. The summed E-state index contributed by atoms with van der Waals surface area (Å²) >= 11 is 0. The first kappa shape index (κ1) is 11.5. The van der Waals surface area contributed by atoms with Crippen molar-refractivity contribution in [2.45, 2.75) is 13.8 Å². The van der Waals surface area contributed by atoms with Crippen molar-refractivity contribution < 1.29 is 0 Å². The maximum absolute atomic E-state index is 9.42. The lowest BCUT2D eigenvalue weighted by molar-refractivity contribution is 1.05. The van der Waals surface area contributed by atoms with Crippen LogP contribution in [0.25, 0.3) is 16.8 Å². The first-order chi connectivity index (χ1) is 9.20. The molecule has 0 aliphatic heterocycles. The van der Waals surface area contributed by atoms with Crippen LogP contribution in [0.4, 0.5) is 0 Å². The van der Waals surface area contributed by atoms with Gasteiger partial charge < -0.3 is 4.40 Å². The van der Waals surface area contributed by atoms with Crippen molar-refractivity contribution in [3.8, 4) is 17.2 Å². The second kappa shape index (κ2) is 4.25. The third-order valence-corrected chi connectivity index (χ3v) is 3.38. The smallest absolute Gasteiger partial charge is 0.155 e. The Labute approximate surface area is 111 Å². The molecule has 2 heterocycles. The molecule has 2 aromatic heterocycles. The SMILES string of the molecule is Cc1cn2cc(-c3ccccc3)c(C#N)c2nc1C. The molecular weight excluding hydrogens is 234 g/mol. The molecule has 3 rings (SSSR count). The minimum Gasteiger partial charge on any atom is -0.307 e. The maximum atomic E-state index is 9.42. The highest BCUT2D eigenvalue weighted by Crippen LogP contribution is 2.27. The minimum absolute atomic E-state index is 0.634. The largest absolute Gasteiger partial charge is 0.307 e. The highest BCUT2D eigenvalue weighted by Gasteiger charge is 2.13. The molecule has 0 unspecified atom stereocenters. The summed E-state index contributed by atoms with van der Waals surface area (Å²) in [7, 11) is 0. The zero-order valence-corrected chi connectivity index (χ0v) is 10.9. The Hall–Kier alpha value is -2.60. The molecule has 19 heavy (non-hydrogen) atoms. The van der Waals surface area contributed by atoms with Gasteiger partial charge in [0.05, 0.1) is 0 Å². The van der Waals surface area contributed by atoms with Gasteiger partial charge in [0.15, 0.2) is 5.65 Å². The third-order valence-electron chi connectivity index (χ3n) is 3.38. The fraction of sp³-hybridized carbons (Fsp3) is 0.125. The van der Waals surface area contributed by atoms with Gasteiger partial charge in [0.2, 0.25) is 0 Å². The molecule has 0 amide bonds. The quantitative estimate of drug-likeness (QED) is 0.660. The molecular formula is C16H13N3. The van der Waals surface area contributed by atoms with Gasteiger partial charge in [0.1, 0.15) is 11.6 Å². The van der Waals surface area contributed by atoms with Crippen molar-refractivity contribution in [1.82, 2.24) is 9.38 Å². The summed E-state index contributed by atoms with van der Waals surface area (Å²) in [5.74, 6) is 0. The Balaban J connectivity index is 2.36. The fourth-order valence-corrected chi connectivity index (χ4v) is 2.22. The summed E-state index contributed by atoms with van der Waals surface area (Å²) in [6, 6.07) is 12.2. The van der Waals surface area contributed by atoms with Crippen LogP contribution in [0.3, 0.4) is 0 Å². The second-order valence-electron chi connectivity index (χ2n) is 4.64. The van der Waals surface area contributed by atoms with Crippen molar-refractivity contribution >= 4 is 5.65 Å². The topological polar surface area (TPSA) is 41.1 Å². The van der Waals surface area contributed by atoms with Gasteiger partial charge in [0.25, 0.3) is 0 Å². The first-order valence-electron chi connectivity index (χ1n) is 6.15. The van der Waals surface area contributed by atoms with E-state index in [1.807, 2.05) is 61.0 Å². The number of rotatable bonds is 1. The van der Waals surface area contributed by atoms with Crippen LogP contribution in [0, 0.1) is 25.2 Å². The van der Waals surface area contributed by atoms with Gasteiger partial charge >= 0.3 is 0 Å². The fourth-order valence-electron chi connectivity index (χ4n) is 2.22. The number of hydrogen-bond donors (Lipinski definition) is 0. The molecule has 3 aromatic rings. The molecule has 0 radical (unpaired) electrons. The zero-order chi connectivity index (χ0) is 13.4. The van der Waals surface area contributed by atoms with E-state index in [-0.39, 0.29) is 0 Å². The number of nitriles is 1. The van der Waals surface area contributed by atoms with E-state index < -0.39 is 0 Å². The summed E-state index contributed by atoms with van der Waals surface area (Å²) in [5, 5.41) is 9.42. The number of nitrogens with zero attached hydrogens (tertiary/aromatic N) is 3. The molecule has 3 heteroatoms. The number of aromatic nitrogens is 2. The van der Waals surface area contributed by atoms with Gasteiger partial charge in [-0.1, -0.05) is 30.3 Å². The monoisotopic (exact) mass is 247 g/mol. The van der Waals surface area contributed by atoms with E-state index in [2.05, 4.69) is 11.1 Å². The van der Waals surface area contributed by atoms with E-state index in [4.69, 9.17) is 0 Å². The molecule has 0 bridgehead atoms. The second-order valence-corrected chi connectivity index (χ2v) is 4.64. The van der Waals surface area contributed by atoms with Crippen molar-refractivity contribution in [3.63, 3.8) is 0 Å². The number of aryl methyl sites for hydroxylation is 2. The lowest BCUT2D eigenvalue weighted by Crippen LogP contribution is -1.93. The van der Waals surface area contributed by atoms with E-state index in [9.17, 15) is 5.26 Å². The Morgan fingerprint density at radius 1 is 1.11 bits per heavy atom. The third kappa shape index (κ3) is 1.78. The van der Waals surface area contributed by atoms with Gasteiger partial charge in [-0.2, -0.15) is 5.26 Å². The highest BCUT2D eigenvalue weighted by molar-refractivity contribution is 5.78. The van der Waals surface area contributed by atoms with Gasteiger partial charge in [0, 0.05) is 23.7 Å². The van der Waals surface area contributed by atoms with Crippen molar-refractivity contribution in [2.75, 3.05) is 0 Å². The first-order valence-corrected chi connectivity index (χ1v) is 6.15. The van der Waals surface area contributed by atoms with E-state index in [1.54, 1.807) is 0 Å². The molecule has 92 valence electrons. The summed E-state index contributed by atoms with van der Waals surface area (Å²) in [4.78, 5) is 4.53. The zero-order valence-electron chi connectivity index (χ0n) is 10.9. The van der Waals surface area contributed by atoms with Crippen LogP contribution in [0.15, 0.2) is 42.7 Å². The van der Waals surface area contributed by atoms with Crippen molar-refractivity contribution in [1.29, 1.82) is 5.26 Å². The summed E-state index contributed by atoms with van der Waals surface area (Å²) in [5.41, 5.74) is 5.41. The molecule has 0 aliphatic rings. The van der Waals surface area contributed by atoms with Crippen molar-refractivity contribution in [3.05, 3.63) is 59.5 Å². The van der Waals surface area contributed by atoms with Gasteiger partial charge in [-0.15, -0.1) is 0 Å². The average molecular weight is 247 g/mol. The van der Waals surface area contributed by atoms with Crippen LogP contribution < -0.4 is 0 Å². The van der Waals surface area contributed by atoms with Gasteiger partial charge in [-0.05, 0) is 25.0 Å². The van der Waals surface area contributed by atoms with Crippen LogP contribution in [-0.2, 0) is 0 Å². The molecule has 0 N–H and O–H groups in total. The number of hydrogen-bond acceptors (Lipinski definition) is 2. The Morgan fingerprint density at radius 3 is 2.53 bits per heavy atom. The summed E-state index contributed by atoms with van der Waals surface area (Å²) < 4.78 is 1.93. The van der Waals surface area contributed by atoms with Crippen LogP contribution in [0.5, 0.6) is 0 Å². The average Bonchev–Trinajstić information content (AvgIpc) is 2.78. The minimum atomic E-state index is 0.634. The maximum Gasteiger partial charge on any atom is 0.155 e. The van der Waals surface area contributed by atoms with E-state index in [0.29, 0.717) is 5.56 Å². The standard InChI is InChI=1S/C16H13N3/c1-11-9-19-10-15(13-6-4-3-5-7-13)14(8-17)16(19)18-12(11)2/h3-7,9-10H,1-2H3. The molecule has 0 spiro atoms. The molecule has 0 saturated carbocycles. The van der Waals surface area contributed by atoms with Gasteiger partial charge in [-0.3, -0.25) is 0 Å². The van der Waals surface area contributed by atoms with Crippen LogP contribution in [-0.4, -0.2) is 9.38 Å². The highest BCUT2D eigenvalue weighted by atomic mass is 15.0. The molecule has 0 fully saturated rings. The Bertz CT molecular complexity index is 792. The van der Waals surface area contributed by atoms with Crippen LogP contribution in [0.2, 0.25) is 0 Å². The lowest BCUT2D eigenvalue weighted by atomic mass is 10.1. The Morgan fingerprint density at radius 2 is 1.84 bits per heavy atom. The molecule has 0 saturated heterocycles. The van der Waals surface area contributed by atoms with E-state index >= 15 is 0 Å². The normalized spacial score (nSPS) is 10.6. The van der Waals surface area contributed by atoms with Gasteiger partial charge in [-0.25, -0.2) is 4.98 Å². The predicted octanol–water partition coefficient (Wildman–Crippen LogP) is 3.49.